The average molecular weight is 291 g/mol. The largest absolute Gasteiger partial charge is 0.390 e. The highest BCUT2D eigenvalue weighted by atomic mass is 32.2. The second-order valence-corrected chi connectivity index (χ2v) is 8.16. The van der Waals surface area contributed by atoms with Gasteiger partial charge in [-0.1, -0.05) is 13.8 Å². The van der Waals surface area contributed by atoms with Gasteiger partial charge in [0.25, 0.3) is 0 Å². The molecule has 0 heterocycles. The molecule has 0 aromatic heterocycles. The fourth-order valence-corrected chi connectivity index (χ4v) is 4.23. The molecule has 1 fully saturated rings. The highest BCUT2D eigenvalue weighted by Gasteiger charge is 2.33. The van der Waals surface area contributed by atoms with E-state index in [1.807, 2.05) is 6.92 Å². The van der Waals surface area contributed by atoms with E-state index >= 15 is 0 Å². The Bertz CT molecular complexity index is 346. The predicted molar refractivity (Wildman–Crippen MR) is 79.1 cm³/mol. The van der Waals surface area contributed by atoms with Gasteiger partial charge in [-0.05, 0) is 51.5 Å². The van der Waals surface area contributed by atoms with Crippen LogP contribution in [-0.4, -0.2) is 43.2 Å². The molecule has 0 bridgehead atoms. The van der Waals surface area contributed by atoms with Gasteiger partial charge in [-0.2, -0.15) is 0 Å². The lowest BCUT2D eigenvalue weighted by atomic mass is 9.80. The van der Waals surface area contributed by atoms with Crippen LogP contribution in [0.2, 0.25) is 0 Å². The summed E-state index contributed by atoms with van der Waals surface area (Å²) in [6.45, 7) is 5.04. The molecule has 0 radical (unpaired) electrons. The molecule has 0 spiro atoms. The molecule has 1 aliphatic rings. The van der Waals surface area contributed by atoms with Gasteiger partial charge in [0, 0.05) is 11.8 Å². The van der Waals surface area contributed by atoms with Crippen LogP contribution < -0.4 is 5.32 Å². The molecule has 1 saturated carbocycles. The van der Waals surface area contributed by atoms with E-state index in [9.17, 15) is 13.5 Å². The van der Waals surface area contributed by atoms with Gasteiger partial charge < -0.3 is 10.4 Å². The van der Waals surface area contributed by atoms with Crippen molar-refractivity contribution in [2.75, 3.05) is 18.1 Å². The van der Waals surface area contributed by atoms with E-state index in [0.717, 1.165) is 38.6 Å². The summed E-state index contributed by atoms with van der Waals surface area (Å²) < 4.78 is 23.4. The van der Waals surface area contributed by atoms with Crippen molar-refractivity contribution in [3.63, 3.8) is 0 Å². The number of aliphatic hydroxyl groups is 1. The van der Waals surface area contributed by atoms with Gasteiger partial charge in [0.2, 0.25) is 0 Å². The van der Waals surface area contributed by atoms with Crippen LogP contribution in [0.1, 0.15) is 58.8 Å². The summed E-state index contributed by atoms with van der Waals surface area (Å²) in [6.07, 6.45) is 5.51. The van der Waals surface area contributed by atoms with E-state index in [-0.39, 0.29) is 11.5 Å². The molecular weight excluding hydrogens is 262 g/mol. The molecule has 1 rings (SSSR count). The summed E-state index contributed by atoms with van der Waals surface area (Å²) >= 11 is 0. The summed E-state index contributed by atoms with van der Waals surface area (Å²) in [5, 5.41) is 13.9. The third-order valence-corrected chi connectivity index (χ3v) is 5.85. The van der Waals surface area contributed by atoms with Crippen LogP contribution in [0, 0.1) is 0 Å². The lowest BCUT2D eigenvalue weighted by Crippen LogP contribution is -2.42. The normalized spacial score (nSPS) is 28.5. The Morgan fingerprint density at radius 1 is 1.16 bits per heavy atom. The summed E-state index contributed by atoms with van der Waals surface area (Å²) in [5.41, 5.74) is -0.759. The molecule has 1 aliphatic carbocycles. The zero-order valence-corrected chi connectivity index (χ0v) is 13.1. The number of hydrogen-bond acceptors (Lipinski definition) is 4. The minimum atomic E-state index is -2.97. The van der Waals surface area contributed by atoms with Gasteiger partial charge in [-0.15, -0.1) is 0 Å². The Morgan fingerprint density at radius 2 is 1.79 bits per heavy atom. The van der Waals surface area contributed by atoms with E-state index in [2.05, 4.69) is 12.2 Å². The highest BCUT2D eigenvalue weighted by molar-refractivity contribution is 7.91. The number of hydrogen-bond donors (Lipinski definition) is 2. The number of sulfone groups is 1. The minimum Gasteiger partial charge on any atom is -0.390 e. The molecule has 0 atom stereocenters. The lowest BCUT2D eigenvalue weighted by molar-refractivity contribution is -0.00603. The average Bonchev–Trinajstić information content (AvgIpc) is 2.36. The van der Waals surface area contributed by atoms with E-state index in [1.165, 1.54) is 0 Å². The molecule has 2 N–H and O–H groups in total. The van der Waals surface area contributed by atoms with Gasteiger partial charge in [0.15, 0.2) is 0 Å². The fraction of sp³-hybridized carbons (Fsp3) is 1.00. The first-order valence-electron chi connectivity index (χ1n) is 7.57. The van der Waals surface area contributed by atoms with Crippen LogP contribution in [0.25, 0.3) is 0 Å². The van der Waals surface area contributed by atoms with Crippen molar-refractivity contribution in [1.29, 1.82) is 0 Å². The van der Waals surface area contributed by atoms with Crippen molar-refractivity contribution in [3.05, 3.63) is 0 Å². The zero-order valence-electron chi connectivity index (χ0n) is 12.3. The molecule has 0 saturated heterocycles. The molecule has 114 valence electrons. The summed E-state index contributed by atoms with van der Waals surface area (Å²) in [5.74, 6) is 0.369. The van der Waals surface area contributed by atoms with E-state index in [1.54, 1.807) is 0 Å². The standard InChI is InChI=1S/C14H29NO3S/c1-3-10-15-13-5-7-14(16,8-6-13)9-12-19(17,18)11-4-2/h13,15-16H,3-12H2,1-2H3. The number of rotatable bonds is 8. The van der Waals surface area contributed by atoms with Gasteiger partial charge in [-0.3, -0.25) is 0 Å². The first-order valence-corrected chi connectivity index (χ1v) is 9.39. The van der Waals surface area contributed by atoms with Crippen LogP contribution in [-0.2, 0) is 9.84 Å². The Kier molecular flexibility index (Phi) is 6.77. The summed E-state index contributed by atoms with van der Waals surface area (Å²) in [6, 6.07) is 0.493. The molecule has 0 aromatic carbocycles. The zero-order chi connectivity index (χ0) is 14.4. The van der Waals surface area contributed by atoms with Gasteiger partial charge in [0.05, 0.1) is 11.4 Å². The van der Waals surface area contributed by atoms with Crippen LogP contribution >= 0.6 is 0 Å². The predicted octanol–water partition coefficient (Wildman–Crippen LogP) is 1.87. The Morgan fingerprint density at radius 3 is 2.32 bits per heavy atom. The maximum atomic E-state index is 11.7. The Hall–Kier alpha value is -0.130. The van der Waals surface area contributed by atoms with Crippen LogP contribution in [0.4, 0.5) is 0 Å². The van der Waals surface area contributed by atoms with Crippen LogP contribution in [0.5, 0.6) is 0 Å². The fourth-order valence-electron chi connectivity index (χ4n) is 2.72. The van der Waals surface area contributed by atoms with Crippen molar-refractivity contribution in [2.45, 2.75) is 70.4 Å². The molecule has 4 nitrogen and oxygen atoms in total. The van der Waals surface area contributed by atoms with Gasteiger partial charge in [-0.25, -0.2) is 8.42 Å². The first-order chi connectivity index (χ1) is 8.91. The third-order valence-electron chi connectivity index (χ3n) is 3.99. The molecule has 0 amide bonds. The molecule has 0 unspecified atom stereocenters. The quantitative estimate of drug-likeness (QED) is 0.716. The SMILES string of the molecule is CCCNC1CCC(O)(CCS(=O)(=O)CCC)CC1. The van der Waals surface area contributed by atoms with Crippen molar-refractivity contribution in [1.82, 2.24) is 5.32 Å². The number of nitrogens with one attached hydrogen (secondary N) is 1. The van der Waals surface area contributed by atoms with E-state index < -0.39 is 15.4 Å². The monoisotopic (exact) mass is 291 g/mol. The molecule has 0 aromatic rings. The first kappa shape index (κ1) is 16.9. The molecule has 0 aliphatic heterocycles. The second-order valence-electron chi connectivity index (χ2n) is 5.85. The van der Waals surface area contributed by atoms with Crippen molar-refractivity contribution < 1.29 is 13.5 Å². The topological polar surface area (TPSA) is 66.4 Å². The van der Waals surface area contributed by atoms with Gasteiger partial charge >= 0.3 is 0 Å². The molecule has 5 heteroatoms. The lowest BCUT2D eigenvalue weighted by Gasteiger charge is -2.36. The second kappa shape index (κ2) is 7.60. The van der Waals surface area contributed by atoms with E-state index in [0.29, 0.717) is 18.9 Å². The third kappa shape index (κ3) is 6.23. The smallest absolute Gasteiger partial charge is 0.150 e. The minimum absolute atomic E-state index is 0.129. The van der Waals surface area contributed by atoms with Crippen molar-refractivity contribution in [3.8, 4) is 0 Å². The Labute approximate surface area is 117 Å². The summed E-state index contributed by atoms with van der Waals surface area (Å²) in [7, 11) is -2.97. The van der Waals surface area contributed by atoms with Crippen LogP contribution in [0.15, 0.2) is 0 Å². The van der Waals surface area contributed by atoms with Crippen molar-refractivity contribution in [2.24, 2.45) is 0 Å². The molecular formula is C14H29NO3S. The highest BCUT2D eigenvalue weighted by Crippen LogP contribution is 2.31. The maximum absolute atomic E-state index is 11.7. The van der Waals surface area contributed by atoms with Crippen molar-refractivity contribution >= 4 is 9.84 Å². The van der Waals surface area contributed by atoms with Gasteiger partial charge in [0.1, 0.15) is 9.84 Å². The maximum Gasteiger partial charge on any atom is 0.150 e. The summed E-state index contributed by atoms with van der Waals surface area (Å²) in [4.78, 5) is 0. The molecule has 19 heavy (non-hydrogen) atoms. The van der Waals surface area contributed by atoms with E-state index in [4.69, 9.17) is 0 Å². The van der Waals surface area contributed by atoms with Crippen LogP contribution in [0.3, 0.4) is 0 Å². The Balaban J connectivity index is 2.35.